The summed E-state index contributed by atoms with van der Waals surface area (Å²) in [4.78, 5) is 19.5. The molecule has 4 rings (SSSR count). The molecule has 1 saturated heterocycles. The van der Waals surface area contributed by atoms with Crippen LogP contribution in [0.2, 0.25) is 0 Å². The summed E-state index contributed by atoms with van der Waals surface area (Å²) in [6.45, 7) is 4.36. The van der Waals surface area contributed by atoms with Crippen molar-refractivity contribution in [2.45, 2.75) is 38.0 Å². The average Bonchev–Trinajstić information content (AvgIpc) is 2.93. The van der Waals surface area contributed by atoms with Gasteiger partial charge >= 0.3 is 6.03 Å². The molecule has 0 spiro atoms. The lowest BCUT2D eigenvalue weighted by Gasteiger charge is -2.30. The zero-order valence-corrected chi connectivity index (χ0v) is 15.6. The zero-order chi connectivity index (χ0) is 18.5. The topological polar surface area (TPSA) is 45.2 Å². The smallest absolute Gasteiger partial charge is 0.323 e. The number of piperidine rings is 1. The minimum Gasteiger partial charge on any atom is -0.324 e. The van der Waals surface area contributed by atoms with Gasteiger partial charge in [0.2, 0.25) is 0 Å². The van der Waals surface area contributed by atoms with Crippen LogP contribution in [0.4, 0.5) is 18.7 Å². The molecule has 0 bridgehead atoms. The first kappa shape index (κ1) is 17.4. The number of hydrogen-bond donors (Lipinski definition) is 1. The van der Waals surface area contributed by atoms with Crippen molar-refractivity contribution in [3.63, 3.8) is 0 Å². The Kier molecular flexibility index (Phi) is 4.02. The number of anilines is 1. The van der Waals surface area contributed by atoms with Gasteiger partial charge in [0.1, 0.15) is 0 Å². The van der Waals surface area contributed by atoms with Gasteiger partial charge in [0.15, 0.2) is 5.13 Å². The first-order valence-corrected chi connectivity index (χ1v) is 9.67. The second-order valence-electron chi connectivity index (χ2n) is 7.01. The van der Waals surface area contributed by atoms with Crippen molar-refractivity contribution in [3.05, 3.63) is 46.5 Å². The molecular formula is C19H21F2N3OS. The van der Waals surface area contributed by atoms with Crippen molar-refractivity contribution in [2.24, 2.45) is 5.92 Å². The molecule has 1 N–H and O–H groups in total. The Morgan fingerprint density at radius 2 is 2.12 bits per heavy atom. The number of hydrogen-bond acceptors (Lipinski definition) is 3. The standard InChI is InChI=1S/C19H21F2N3OS/c1-3-14-12(2)26-16(22-14)23-17(25)24-10-9-18(13-7-5-4-6-8-13)15(11-24)19(18,20)21/h4-8,15H,3,9-11H2,1-2H3,(H,22,23,25). The molecule has 7 heteroatoms. The molecule has 2 aliphatic rings. The fourth-order valence-electron chi connectivity index (χ4n) is 4.21. The van der Waals surface area contributed by atoms with Gasteiger partial charge in [-0.15, -0.1) is 11.3 Å². The third-order valence-corrected chi connectivity index (χ3v) is 6.67. The largest absolute Gasteiger partial charge is 0.324 e. The molecule has 1 aromatic carbocycles. The van der Waals surface area contributed by atoms with E-state index in [1.165, 1.54) is 16.2 Å². The van der Waals surface area contributed by atoms with Gasteiger partial charge in [0.25, 0.3) is 5.92 Å². The highest BCUT2D eigenvalue weighted by molar-refractivity contribution is 7.15. The molecule has 4 nitrogen and oxygen atoms in total. The van der Waals surface area contributed by atoms with Gasteiger partial charge in [-0.1, -0.05) is 37.3 Å². The fraction of sp³-hybridized carbons (Fsp3) is 0.474. The number of thiazole rings is 1. The molecule has 138 valence electrons. The second kappa shape index (κ2) is 6.01. The summed E-state index contributed by atoms with van der Waals surface area (Å²) in [5.41, 5.74) is 0.525. The van der Waals surface area contributed by atoms with Gasteiger partial charge in [-0.3, -0.25) is 5.32 Å². The highest BCUT2D eigenvalue weighted by atomic mass is 32.1. The number of aromatic nitrogens is 1. The summed E-state index contributed by atoms with van der Waals surface area (Å²) < 4.78 is 29.3. The quantitative estimate of drug-likeness (QED) is 0.859. The van der Waals surface area contributed by atoms with Crippen LogP contribution in [-0.2, 0) is 11.8 Å². The van der Waals surface area contributed by atoms with Gasteiger partial charge in [0, 0.05) is 18.0 Å². The normalized spacial score (nSPS) is 26.3. The van der Waals surface area contributed by atoms with Crippen LogP contribution in [0.3, 0.4) is 0 Å². The van der Waals surface area contributed by atoms with Crippen LogP contribution < -0.4 is 5.32 Å². The Morgan fingerprint density at radius 3 is 2.73 bits per heavy atom. The monoisotopic (exact) mass is 377 g/mol. The fourth-order valence-corrected chi connectivity index (χ4v) is 5.10. The van der Waals surface area contributed by atoms with E-state index >= 15 is 0 Å². The Morgan fingerprint density at radius 1 is 1.38 bits per heavy atom. The van der Waals surface area contributed by atoms with Crippen LogP contribution >= 0.6 is 11.3 Å². The van der Waals surface area contributed by atoms with Crippen LogP contribution in [-0.4, -0.2) is 34.9 Å². The maximum absolute atomic E-state index is 14.6. The van der Waals surface area contributed by atoms with Crippen molar-refractivity contribution in [1.29, 1.82) is 0 Å². The van der Waals surface area contributed by atoms with Crippen molar-refractivity contribution in [2.75, 3.05) is 18.4 Å². The summed E-state index contributed by atoms with van der Waals surface area (Å²) >= 11 is 1.42. The van der Waals surface area contributed by atoms with Crippen LogP contribution in [0.25, 0.3) is 0 Å². The summed E-state index contributed by atoms with van der Waals surface area (Å²) in [6, 6.07) is 8.63. The van der Waals surface area contributed by atoms with Crippen molar-refractivity contribution in [1.82, 2.24) is 9.88 Å². The number of amides is 2. The molecule has 1 aliphatic heterocycles. The number of likely N-dealkylation sites (tertiary alicyclic amines) is 1. The first-order valence-electron chi connectivity index (χ1n) is 8.85. The molecule has 1 saturated carbocycles. The lowest BCUT2D eigenvalue weighted by Crippen LogP contribution is -2.42. The minimum absolute atomic E-state index is 0.0682. The van der Waals surface area contributed by atoms with Gasteiger partial charge in [-0.25, -0.2) is 18.6 Å². The Hall–Kier alpha value is -2.02. The van der Waals surface area contributed by atoms with Crippen molar-refractivity contribution < 1.29 is 13.6 Å². The average molecular weight is 377 g/mol. The Labute approximate surface area is 155 Å². The number of carbonyl (C=O) groups excluding carboxylic acids is 1. The van der Waals surface area contributed by atoms with Crippen LogP contribution in [0.15, 0.2) is 30.3 Å². The third-order valence-electron chi connectivity index (χ3n) is 5.74. The summed E-state index contributed by atoms with van der Waals surface area (Å²) in [5, 5.41) is 3.31. The SMILES string of the molecule is CCc1nc(NC(=O)N2CCC3(c4ccccc4)C(C2)C3(F)F)sc1C. The molecule has 2 fully saturated rings. The number of nitrogens with zero attached hydrogens (tertiary/aromatic N) is 2. The number of alkyl halides is 2. The summed E-state index contributed by atoms with van der Waals surface area (Å²) in [7, 11) is 0. The number of fused-ring (bicyclic) bond motifs is 1. The highest BCUT2D eigenvalue weighted by Crippen LogP contribution is 2.70. The Bertz CT molecular complexity index is 839. The lowest BCUT2D eigenvalue weighted by molar-refractivity contribution is 0.0777. The number of urea groups is 1. The number of carbonyl (C=O) groups is 1. The highest BCUT2D eigenvalue weighted by Gasteiger charge is 2.81. The number of rotatable bonds is 3. The molecule has 2 heterocycles. The van der Waals surface area contributed by atoms with E-state index in [0.29, 0.717) is 17.2 Å². The molecular weight excluding hydrogens is 356 g/mol. The minimum atomic E-state index is -2.77. The summed E-state index contributed by atoms with van der Waals surface area (Å²) in [6.07, 6.45) is 1.08. The van der Waals surface area contributed by atoms with Gasteiger partial charge in [-0.05, 0) is 25.3 Å². The van der Waals surface area contributed by atoms with E-state index < -0.39 is 17.3 Å². The molecule has 2 unspecified atom stereocenters. The number of aryl methyl sites for hydroxylation is 2. The number of nitrogens with one attached hydrogen (secondary N) is 1. The maximum atomic E-state index is 14.6. The van der Waals surface area contributed by atoms with Crippen molar-refractivity contribution >= 4 is 22.5 Å². The van der Waals surface area contributed by atoms with Crippen LogP contribution in [0.5, 0.6) is 0 Å². The van der Waals surface area contributed by atoms with E-state index in [0.717, 1.165) is 17.0 Å². The number of halogens is 2. The zero-order valence-electron chi connectivity index (χ0n) is 14.8. The van der Waals surface area contributed by atoms with Crippen LogP contribution in [0.1, 0.15) is 29.5 Å². The molecule has 2 aromatic rings. The van der Waals surface area contributed by atoms with E-state index in [1.807, 2.05) is 19.9 Å². The third kappa shape index (κ3) is 2.44. The predicted molar refractivity (Wildman–Crippen MR) is 98.0 cm³/mol. The van der Waals surface area contributed by atoms with Gasteiger partial charge in [-0.2, -0.15) is 0 Å². The van der Waals surface area contributed by atoms with Crippen LogP contribution in [0, 0.1) is 12.8 Å². The van der Waals surface area contributed by atoms with E-state index in [-0.39, 0.29) is 19.0 Å². The van der Waals surface area contributed by atoms with E-state index in [2.05, 4.69) is 10.3 Å². The number of benzene rings is 1. The van der Waals surface area contributed by atoms with E-state index in [1.54, 1.807) is 24.3 Å². The van der Waals surface area contributed by atoms with Crippen molar-refractivity contribution in [3.8, 4) is 0 Å². The predicted octanol–water partition coefficient (Wildman–Crippen LogP) is 4.45. The van der Waals surface area contributed by atoms with Gasteiger partial charge < -0.3 is 4.90 Å². The molecule has 26 heavy (non-hydrogen) atoms. The summed E-state index contributed by atoms with van der Waals surface area (Å²) in [5.74, 6) is -3.59. The molecule has 2 atom stereocenters. The molecule has 1 aliphatic carbocycles. The van der Waals surface area contributed by atoms with Gasteiger partial charge in [0.05, 0.1) is 17.0 Å². The Balaban J connectivity index is 1.48. The second-order valence-corrected chi connectivity index (χ2v) is 8.22. The molecule has 1 aromatic heterocycles. The maximum Gasteiger partial charge on any atom is 0.323 e. The molecule has 2 amide bonds. The van der Waals surface area contributed by atoms with E-state index in [4.69, 9.17) is 0 Å². The first-order chi connectivity index (χ1) is 12.4. The van der Waals surface area contributed by atoms with E-state index in [9.17, 15) is 13.6 Å². The lowest BCUT2D eigenvalue weighted by atomic mass is 9.87. The molecule has 0 radical (unpaired) electrons.